The first-order valence-electron chi connectivity index (χ1n) is 8.07. The topological polar surface area (TPSA) is 44.1 Å². The highest BCUT2D eigenvalue weighted by molar-refractivity contribution is 5.80. The predicted octanol–water partition coefficient (Wildman–Crippen LogP) is 4.03. The van der Waals surface area contributed by atoms with Crippen LogP contribution in [0.25, 0.3) is 0 Å². The quantitative estimate of drug-likeness (QED) is 0.837. The smallest absolute Gasteiger partial charge is 0.284 e. The minimum Gasteiger partial charge on any atom is -0.484 e. The lowest BCUT2D eigenvalue weighted by molar-refractivity contribution is 0.0818. The lowest BCUT2D eigenvalue weighted by Crippen LogP contribution is -2.22. The highest BCUT2D eigenvalue weighted by atomic mass is 16.5. The Morgan fingerprint density at radius 2 is 1.74 bits per heavy atom. The van der Waals surface area contributed by atoms with Gasteiger partial charge in [0.1, 0.15) is 5.75 Å². The Morgan fingerprint density at radius 1 is 1.13 bits per heavy atom. The van der Waals surface area contributed by atoms with E-state index in [1.54, 1.807) is 0 Å². The second kappa shape index (κ2) is 6.99. The average molecular weight is 314 g/mol. The minimum atomic E-state index is -0.139. The molecule has 0 radical (unpaired) electrons. The molecule has 1 heterocycles. The standard InChI is InChI=1S/C19H26N2O2/c1-12(2)7-18-15(5)20-21(16(18)6)19(22)11-23-17-9-13(3)8-14(4)10-17/h8-10,12H,7,11H2,1-6H3. The number of benzene rings is 1. The van der Waals surface area contributed by atoms with Crippen molar-refractivity contribution in [3.05, 3.63) is 46.3 Å². The number of carbonyl (C=O) groups excluding carboxylic acids is 1. The molecule has 124 valence electrons. The Balaban J connectivity index is 2.12. The van der Waals surface area contributed by atoms with E-state index in [9.17, 15) is 4.79 Å². The first-order valence-corrected chi connectivity index (χ1v) is 8.07. The molecule has 23 heavy (non-hydrogen) atoms. The van der Waals surface area contributed by atoms with Crippen LogP contribution in [0.5, 0.6) is 5.75 Å². The molecule has 1 aromatic carbocycles. The van der Waals surface area contributed by atoms with Gasteiger partial charge in [-0.3, -0.25) is 4.79 Å². The minimum absolute atomic E-state index is 0.00796. The highest BCUT2D eigenvalue weighted by Crippen LogP contribution is 2.19. The number of carbonyl (C=O) groups is 1. The zero-order chi connectivity index (χ0) is 17.1. The Bertz CT molecular complexity index is 694. The summed E-state index contributed by atoms with van der Waals surface area (Å²) in [4.78, 5) is 12.4. The lowest BCUT2D eigenvalue weighted by atomic mass is 10.0. The molecule has 0 aliphatic heterocycles. The van der Waals surface area contributed by atoms with Crippen molar-refractivity contribution in [1.29, 1.82) is 0 Å². The normalized spacial score (nSPS) is 11.1. The molecule has 0 saturated heterocycles. The van der Waals surface area contributed by atoms with Gasteiger partial charge in [-0.25, -0.2) is 4.68 Å². The molecule has 0 unspecified atom stereocenters. The van der Waals surface area contributed by atoms with Crippen LogP contribution >= 0.6 is 0 Å². The number of aromatic nitrogens is 2. The van der Waals surface area contributed by atoms with E-state index in [-0.39, 0.29) is 12.5 Å². The van der Waals surface area contributed by atoms with E-state index in [4.69, 9.17) is 4.74 Å². The van der Waals surface area contributed by atoms with Gasteiger partial charge in [-0.1, -0.05) is 19.9 Å². The van der Waals surface area contributed by atoms with Gasteiger partial charge in [0.05, 0.1) is 5.69 Å². The third-order valence-electron chi connectivity index (χ3n) is 3.85. The van der Waals surface area contributed by atoms with Crippen molar-refractivity contribution in [2.24, 2.45) is 5.92 Å². The zero-order valence-corrected chi connectivity index (χ0v) is 14.9. The van der Waals surface area contributed by atoms with Crippen molar-refractivity contribution in [2.75, 3.05) is 6.61 Å². The van der Waals surface area contributed by atoms with Crippen molar-refractivity contribution in [1.82, 2.24) is 9.78 Å². The summed E-state index contributed by atoms with van der Waals surface area (Å²) in [5, 5.41) is 4.40. The summed E-state index contributed by atoms with van der Waals surface area (Å²) < 4.78 is 7.14. The molecule has 0 bridgehead atoms. The molecule has 2 rings (SSSR count). The van der Waals surface area contributed by atoms with E-state index >= 15 is 0 Å². The van der Waals surface area contributed by atoms with E-state index in [1.165, 1.54) is 10.2 Å². The van der Waals surface area contributed by atoms with Gasteiger partial charge in [0.2, 0.25) is 0 Å². The van der Waals surface area contributed by atoms with Crippen molar-refractivity contribution in [2.45, 2.75) is 48.0 Å². The van der Waals surface area contributed by atoms with Gasteiger partial charge in [-0.2, -0.15) is 5.10 Å². The van der Waals surface area contributed by atoms with Crippen LogP contribution in [0.2, 0.25) is 0 Å². The summed E-state index contributed by atoms with van der Waals surface area (Å²) in [5.74, 6) is 1.12. The van der Waals surface area contributed by atoms with Crippen LogP contribution in [0.4, 0.5) is 0 Å². The van der Waals surface area contributed by atoms with E-state index in [1.807, 2.05) is 39.8 Å². The molecule has 0 amide bonds. The van der Waals surface area contributed by atoms with Gasteiger partial charge >= 0.3 is 0 Å². The largest absolute Gasteiger partial charge is 0.484 e. The van der Waals surface area contributed by atoms with Crippen molar-refractivity contribution in [3.8, 4) is 5.75 Å². The van der Waals surface area contributed by atoms with Crippen molar-refractivity contribution < 1.29 is 9.53 Å². The molecule has 0 fully saturated rings. The molecule has 0 spiro atoms. The summed E-state index contributed by atoms with van der Waals surface area (Å²) in [6.07, 6.45) is 0.933. The van der Waals surface area contributed by atoms with Crippen LogP contribution in [0, 0.1) is 33.6 Å². The molecule has 4 heteroatoms. The molecule has 0 aliphatic carbocycles. The molecular weight excluding hydrogens is 288 g/mol. The number of hydrogen-bond donors (Lipinski definition) is 0. The summed E-state index contributed by atoms with van der Waals surface area (Å²) in [6.45, 7) is 12.3. The molecule has 1 aromatic heterocycles. The summed E-state index contributed by atoms with van der Waals surface area (Å²) in [7, 11) is 0. The van der Waals surface area contributed by atoms with Crippen LogP contribution < -0.4 is 4.74 Å². The van der Waals surface area contributed by atoms with Gasteiger partial charge in [-0.05, 0) is 68.9 Å². The third-order valence-corrected chi connectivity index (χ3v) is 3.85. The van der Waals surface area contributed by atoms with E-state index < -0.39 is 0 Å². The molecule has 0 saturated carbocycles. The lowest BCUT2D eigenvalue weighted by Gasteiger charge is -2.09. The summed E-state index contributed by atoms with van der Waals surface area (Å²) in [5.41, 5.74) is 5.26. The predicted molar refractivity (Wildman–Crippen MR) is 92.3 cm³/mol. The number of ether oxygens (including phenoxy) is 1. The number of hydrogen-bond acceptors (Lipinski definition) is 3. The van der Waals surface area contributed by atoms with Crippen molar-refractivity contribution >= 4 is 5.91 Å². The first kappa shape index (κ1) is 17.3. The first-order chi connectivity index (χ1) is 10.8. The molecule has 0 atom stereocenters. The zero-order valence-electron chi connectivity index (χ0n) is 14.9. The van der Waals surface area contributed by atoms with Crippen molar-refractivity contribution in [3.63, 3.8) is 0 Å². The maximum Gasteiger partial charge on any atom is 0.284 e. The van der Waals surface area contributed by atoms with Crippen LogP contribution in [0.15, 0.2) is 18.2 Å². The van der Waals surface area contributed by atoms with Gasteiger partial charge in [0.15, 0.2) is 6.61 Å². The maximum absolute atomic E-state index is 12.4. The van der Waals surface area contributed by atoms with Crippen LogP contribution in [0.1, 0.15) is 46.7 Å². The Hall–Kier alpha value is -2.10. The molecular formula is C19H26N2O2. The molecule has 0 N–H and O–H groups in total. The van der Waals surface area contributed by atoms with Crippen LogP contribution in [-0.2, 0) is 6.42 Å². The van der Waals surface area contributed by atoms with Gasteiger partial charge in [0, 0.05) is 5.69 Å². The monoisotopic (exact) mass is 314 g/mol. The summed E-state index contributed by atoms with van der Waals surface area (Å²) >= 11 is 0. The van der Waals surface area contributed by atoms with Gasteiger partial charge in [-0.15, -0.1) is 0 Å². The van der Waals surface area contributed by atoms with E-state index in [2.05, 4.69) is 25.0 Å². The Kier molecular flexibility index (Phi) is 5.24. The van der Waals surface area contributed by atoms with E-state index in [0.717, 1.165) is 34.7 Å². The fourth-order valence-electron chi connectivity index (χ4n) is 2.84. The molecule has 4 nitrogen and oxygen atoms in total. The number of aryl methyl sites for hydroxylation is 3. The molecule has 2 aromatic rings. The van der Waals surface area contributed by atoms with E-state index in [0.29, 0.717) is 5.92 Å². The SMILES string of the molecule is Cc1cc(C)cc(OCC(=O)n2nc(C)c(CC(C)C)c2C)c1. The Labute approximate surface area is 138 Å². The van der Waals surface area contributed by atoms with Crippen LogP contribution in [-0.4, -0.2) is 22.3 Å². The van der Waals surface area contributed by atoms with Gasteiger partial charge in [0.25, 0.3) is 5.91 Å². The maximum atomic E-state index is 12.4. The highest BCUT2D eigenvalue weighted by Gasteiger charge is 2.17. The Morgan fingerprint density at radius 3 is 2.30 bits per heavy atom. The number of nitrogens with zero attached hydrogens (tertiary/aromatic N) is 2. The second-order valence-electron chi connectivity index (χ2n) is 6.66. The summed E-state index contributed by atoms with van der Waals surface area (Å²) in [6, 6.07) is 5.95. The third kappa shape index (κ3) is 4.21. The fourth-order valence-corrected chi connectivity index (χ4v) is 2.84. The second-order valence-corrected chi connectivity index (χ2v) is 6.66. The average Bonchev–Trinajstić information content (AvgIpc) is 2.71. The van der Waals surface area contributed by atoms with Gasteiger partial charge < -0.3 is 4.74 Å². The number of rotatable bonds is 5. The fraction of sp³-hybridized carbons (Fsp3) is 0.474. The van der Waals surface area contributed by atoms with Crippen LogP contribution in [0.3, 0.4) is 0 Å². The molecule has 0 aliphatic rings.